The molecule has 0 saturated carbocycles. The van der Waals surface area contributed by atoms with E-state index < -0.39 is 83.8 Å². The molecule has 0 radical (unpaired) electrons. The van der Waals surface area contributed by atoms with Crippen LogP contribution in [0.3, 0.4) is 0 Å². The van der Waals surface area contributed by atoms with Crippen LogP contribution in [0, 0.1) is 11.6 Å². The molecule has 23 heteroatoms. The second kappa shape index (κ2) is 24.7. The van der Waals surface area contributed by atoms with Crippen molar-refractivity contribution in [2.45, 2.75) is 76.7 Å². The smallest absolute Gasteiger partial charge is 0.335 e. The molecule has 0 bridgehead atoms. The molecule has 2 aromatic carbocycles. The van der Waals surface area contributed by atoms with Crippen molar-refractivity contribution in [3.05, 3.63) is 81.4 Å². The first-order valence-corrected chi connectivity index (χ1v) is 22.4. The predicted molar refractivity (Wildman–Crippen MR) is 221 cm³/mol. The zero-order chi connectivity index (χ0) is 46.1. The number of anilines is 2. The number of hydrogen-bond acceptors (Lipinski definition) is 14. The van der Waals surface area contributed by atoms with Gasteiger partial charge in [0.25, 0.3) is 11.1 Å². The molecule has 2 atom stereocenters. The zero-order valence-corrected chi connectivity index (χ0v) is 37.1. The van der Waals surface area contributed by atoms with Gasteiger partial charge in [-0.15, -0.1) is 0 Å². The molecule has 2 unspecified atom stereocenters. The van der Waals surface area contributed by atoms with Gasteiger partial charge in [-0.3, -0.25) is 23.9 Å². The number of halogens is 5. The van der Waals surface area contributed by atoms with Crippen molar-refractivity contribution in [1.29, 1.82) is 0 Å². The van der Waals surface area contributed by atoms with E-state index in [1.807, 2.05) is 0 Å². The van der Waals surface area contributed by atoms with Gasteiger partial charge in [0.15, 0.2) is 13.2 Å². The summed E-state index contributed by atoms with van der Waals surface area (Å²) >= 11 is 16.7. The van der Waals surface area contributed by atoms with Crippen molar-refractivity contribution >= 4 is 101 Å². The van der Waals surface area contributed by atoms with E-state index in [9.17, 15) is 54.4 Å². The standard InChI is InChI=1S/C19H21ClFNO7S.C15H17ClFNO4S.C4H5ClO3/c1-3-28-19(25)14-6-4-5-7-17(14)30(26,27)22(18(24)11-29-12(2)23)16-9-8-13(21)10-15(16)20;1-2-22-15(19)11-5-3-4-6-14(11)23(20,21)18-13-8-7-10(17)9-12(13)16;1-3(6)8-2-4(5)7/h6,8-10,17H,3-5,7,11H2,1-2H3;5,7-9,14,18H,2-4,6H2,1H3;2H2,1H3. The van der Waals surface area contributed by atoms with Gasteiger partial charge in [-0.2, -0.15) is 0 Å². The topological polar surface area (TPSA) is 223 Å². The van der Waals surface area contributed by atoms with Crippen LogP contribution in [-0.2, 0) is 67.8 Å². The highest BCUT2D eigenvalue weighted by molar-refractivity contribution is 7.94. The average molecular weight is 960 g/mol. The van der Waals surface area contributed by atoms with Crippen LogP contribution in [-0.4, -0.2) is 88.8 Å². The van der Waals surface area contributed by atoms with Crippen LogP contribution >= 0.6 is 34.8 Å². The van der Waals surface area contributed by atoms with Crippen molar-refractivity contribution in [3.63, 3.8) is 0 Å². The maximum Gasteiger partial charge on any atom is 0.335 e. The molecule has 1 N–H and O–H groups in total. The molecule has 0 aromatic heterocycles. The van der Waals surface area contributed by atoms with Crippen LogP contribution in [0.15, 0.2) is 59.7 Å². The molecule has 2 aliphatic rings. The number of hydrogen-bond donors (Lipinski definition) is 1. The molecular weight excluding hydrogens is 917 g/mol. The largest absolute Gasteiger partial charge is 0.463 e. The summed E-state index contributed by atoms with van der Waals surface area (Å²) < 4.78 is 100. The summed E-state index contributed by atoms with van der Waals surface area (Å²) in [6.45, 7) is 4.49. The first kappa shape index (κ1) is 52.5. The minimum atomic E-state index is -4.56. The van der Waals surface area contributed by atoms with E-state index in [2.05, 4.69) is 14.2 Å². The monoisotopic (exact) mass is 958 g/mol. The van der Waals surface area contributed by atoms with Gasteiger partial charge in [-0.05, 0) is 100 Å². The van der Waals surface area contributed by atoms with Crippen LogP contribution in [0.1, 0.15) is 66.2 Å². The number of allylic oxidation sites excluding steroid dienone is 2. The third-order valence-electron chi connectivity index (χ3n) is 8.10. The summed E-state index contributed by atoms with van der Waals surface area (Å²) in [5.41, 5.74) is -0.207. The second-order valence-electron chi connectivity index (χ2n) is 12.6. The highest BCUT2D eigenvalue weighted by Gasteiger charge is 2.43. The number of nitrogens with one attached hydrogen (secondary N) is 1. The van der Waals surface area contributed by atoms with Crippen molar-refractivity contribution in [2.75, 3.05) is 35.5 Å². The van der Waals surface area contributed by atoms with Crippen molar-refractivity contribution in [2.24, 2.45) is 0 Å². The molecule has 16 nitrogen and oxygen atoms in total. The molecule has 1 amide bonds. The summed E-state index contributed by atoms with van der Waals surface area (Å²) in [7, 11) is -8.47. The number of benzene rings is 2. The minimum absolute atomic E-state index is 0.0435. The predicted octanol–water partition coefficient (Wildman–Crippen LogP) is 6.32. The normalized spacial score (nSPS) is 16.0. The average Bonchev–Trinajstić information content (AvgIpc) is 3.19. The molecule has 0 heterocycles. The van der Waals surface area contributed by atoms with Gasteiger partial charge in [-0.1, -0.05) is 35.4 Å². The van der Waals surface area contributed by atoms with Crippen molar-refractivity contribution in [3.8, 4) is 0 Å². The van der Waals surface area contributed by atoms with E-state index in [1.54, 1.807) is 19.9 Å². The first-order chi connectivity index (χ1) is 28.6. The molecule has 0 fully saturated rings. The SMILES string of the molecule is CC(=O)OCC(=O)Cl.CCOC(=O)C1=CCCCC1S(=O)(=O)N(C(=O)COC(C)=O)c1ccc(F)cc1Cl.CCOC(=O)C1=CCCCC1S(=O)(=O)Nc1ccc(F)cc1Cl. The molecule has 2 aliphatic carbocycles. The molecule has 336 valence electrons. The minimum Gasteiger partial charge on any atom is -0.463 e. The van der Waals surface area contributed by atoms with Crippen LogP contribution in [0.25, 0.3) is 0 Å². The van der Waals surface area contributed by atoms with E-state index in [-0.39, 0.29) is 58.8 Å². The Morgan fingerprint density at radius 2 is 1.20 bits per heavy atom. The quantitative estimate of drug-likeness (QED) is 0.124. The number of carbonyl (C=O) groups is 6. The molecule has 2 aromatic rings. The Bertz CT molecular complexity index is 2220. The van der Waals surface area contributed by atoms with E-state index >= 15 is 0 Å². The van der Waals surface area contributed by atoms with Gasteiger partial charge >= 0.3 is 23.9 Å². The van der Waals surface area contributed by atoms with Crippen LogP contribution < -0.4 is 9.03 Å². The second-order valence-corrected chi connectivity index (χ2v) is 17.6. The number of amides is 1. The van der Waals surface area contributed by atoms with E-state index in [1.165, 1.54) is 19.1 Å². The highest BCUT2D eigenvalue weighted by Crippen LogP contribution is 2.35. The summed E-state index contributed by atoms with van der Waals surface area (Å²) in [6, 6.07) is 6.17. The lowest BCUT2D eigenvalue weighted by atomic mass is 9.99. The number of sulfonamides is 2. The molecule has 4 rings (SSSR count). The fourth-order valence-electron chi connectivity index (χ4n) is 5.55. The molecule has 61 heavy (non-hydrogen) atoms. The van der Waals surface area contributed by atoms with Crippen LogP contribution in [0.4, 0.5) is 20.2 Å². The van der Waals surface area contributed by atoms with Gasteiger partial charge in [0.2, 0.25) is 20.0 Å². The Hall–Kier alpha value is -4.63. The maximum atomic E-state index is 13.5. The summed E-state index contributed by atoms with van der Waals surface area (Å²) in [5.74, 6) is -5.15. The first-order valence-electron chi connectivity index (χ1n) is 18.2. The lowest BCUT2D eigenvalue weighted by Crippen LogP contribution is -2.47. The number of nitrogens with zero attached hydrogens (tertiary/aromatic N) is 1. The summed E-state index contributed by atoms with van der Waals surface area (Å²) in [6.07, 6.45) is 5.61. The third kappa shape index (κ3) is 16.3. The zero-order valence-electron chi connectivity index (χ0n) is 33.2. The molecule has 0 spiro atoms. The van der Waals surface area contributed by atoms with E-state index in [0.29, 0.717) is 36.4 Å². The fraction of sp³-hybridized carbons (Fsp3) is 0.421. The molecular formula is C38H43Cl3F2N2O14S2. The lowest BCUT2D eigenvalue weighted by molar-refractivity contribution is -0.145. The van der Waals surface area contributed by atoms with Gasteiger partial charge in [-0.25, -0.2) is 39.5 Å². The van der Waals surface area contributed by atoms with Crippen LogP contribution in [0.5, 0.6) is 0 Å². The number of rotatable bonds is 14. The van der Waals surface area contributed by atoms with Gasteiger partial charge in [0.05, 0.1) is 45.8 Å². The van der Waals surface area contributed by atoms with Gasteiger partial charge in [0, 0.05) is 13.8 Å². The maximum absolute atomic E-state index is 13.5. The lowest BCUT2D eigenvalue weighted by Gasteiger charge is -2.30. The summed E-state index contributed by atoms with van der Waals surface area (Å²) in [4.78, 5) is 67.9. The van der Waals surface area contributed by atoms with Crippen molar-refractivity contribution < 1.29 is 73.3 Å². The number of esters is 4. The Labute approximate surface area is 366 Å². The van der Waals surface area contributed by atoms with Gasteiger partial charge in [0.1, 0.15) is 22.1 Å². The Morgan fingerprint density at radius 3 is 1.66 bits per heavy atom. The third-order valence-corrected chi connectivity index (χ3v) is 12.7. The highest BCUT2D eigenvalue weighted by atomic mass is 35.5. The molecule has 0 saturated heterocycles. The van der Waals surface area contributed by atoms with Crippen molar-refractivity contribution in [1.82, 2.24) is 0 Å². The Balaban J connectivity index is 0.000000364. The van der Waals surface area contributed by atoms with Gasteiger partial charge < -0.3 is 18.9 Å². The Morgan fingerprint density at radius 1 is 0.721 bits per heavy atom. The van der Waals surface area contributed by atoms with E-state index in [4.69, 9.17) is 44.3 Å². The Kier molecular flexibility index (Phi) is 21.3. The molecule has 0 aliphatic heterocycles. The van der Waals surface area contributed by atoms with E-state index in [0.717, 1.165) is 37.3 Å². The fourth-order valence-corrected chi connectivity index (χ4v) is 9.81. The number of ether oxygens (including phenoxy) is 4. The van der Waals surface area contributed by atoms with Crippen LogP contribution in [0.2, 0.25) is 10.0 Å². The summed E-state index contributed by atoms with van der Waals surface area (Å²) in [5, 5.41) is -3.46. The number of carbonyl (C=O) groups excluding carboxylic acids is 6.